The third kappa shape index (κ3) is 3.45. The fourth-order valence-corrected chi connectivity index (χ4v) is 2.45. The van der Waals surface area contributed by atoms with Crippen LogP contribution in [0.5, 0.6) is 0 Å². The van der Waals surface area contributed by atoms with Crippen molar-refractivity contribution in [2.24, 2.45) is 5.73 Å². The molecule has 0 aromatic carbocycles. The first-order valence-corrected chi connectivity index (χ1v) is 7.13. The van der Waals surface area contributed by atoms with Gasteiger partial charge in [0.15, 0.2) is 0 Å². The predicted octanol–water partition coefficient (Wildman–Crippen LogP) is 2.28. The molecule has 106 valence electrons. The summed E-state index contributed by atoms with van der Waals surface area (Å²) in [6.07, 6.45) is 2.14. The van der Waals surface area contributed by atoms with E-state index in [4.69, 9.17) is 15.5 Å². The van der Waals surface area contributed by atoms with Crippen molar-refractivity contribution in [3.8, 4) is 0 Å². The van der Waals surface area contributed by atoms with Crippen LogP contribution in [-0.4, -0.2) is 31.3 Å². The second-order valence-corrected chi connectivity index (χ2v) is 5.57. The third-order valence-electron chi connectivity index (χ3n) is 3.82. The van der Waals surface area contributed by atoms with E-state index in [1.54, 1.807) is 0 Å². The minimum atomic E-state index is 0.424. The van der Waals surface area contributed by atoms with Crippen molar-refractivity contribution in [3.05, 3.63) is 23.4 Å². The zero-order chi connectivity index (χ0) is 13.8. The molecule has 1 aromatic rings. The summed E-state index contributed by atoms with van der Waals surface area (Å²) in [6, 6.07) is 4.75. The van der Waals surface area contributed by atoms with Gasteiger partial charge in [0.25, 0.3) is 0 Å². The second-order valence-electron chi connectivity index (χ2n) is 5.57. The zero-order valence-corrected chi connectivity index (χ0v) is 12.2. The van der Waals surface area contributed by atoms with Gasteiger partial charge in [0, 0.05) is 38.5 Å². The molecule has 0 spiro atoms. The summed E-state index contributed by atoms with van der Waals surface area (Å²) in [5.41, 5.74) is 8.08. The van der Waals surface area contributed by atoms with E-state index < -0.39 is 0 Å². The van der Waals surface area contributed by atoms with Gasteiger partial charge in [-0.1, -0.05) is 13.8 Å². The molecule has 2 N–H and O–H groups in total. The Morgan fingerprint density at radius 3 is 2.63 bits per heavy atom. The van der Waals surface area contributed by atoms with Crippen molar-refractivity contribution in [1.82, 2.24) is 4.98 Å². The molecule has 2 heterocycles. The van der Waals surface area contributed by atoms with Gasteiger partial charge >= 0.3 is 0 Å². The van der Waals surface area contributed by atoms with Gasteiger partial charge in [0.05, 0.1) is 0 Å². The van der Waals surface area contributed by atoms with Crippen molar-refractivity contribution >= 4 is 5.82 Å². The first-order chi connectivity index (χ1) is 9.11. The molecule has 0 amide bonds. The minimum absolute atomic E-state index is 0.424. The van der Waals surface area contributed by atoms with E-state index in [-0.39, 0.29) is 0 Å². The van der Waals surface area contributed by atoms with E-state index in [1.165, 1.54) is 0 Å². The Kier molecular flexibility index (Phi) is 4.77. The quantitative estimate of drug-likeness (QED) is 0.905. The maximum Gasteiger partial charge on any atom is 0.129 e. The molecule has 0 aliphatic carbocycles. The average Bonchev–Trinajstić information content (AvgIpc) is 2.46. The van der Waals surface area contributed by atoms with Crippen LogP contribution in [-0.2, 0) is 11.3 Å². The van der Waals surface area contributed by atoms with Gasteiger partial charge in [-0.3, -0.25) is 0 Å². The fourth-order valence-electron chi connectivity index (χ4n) is 2.45. The van der Waals surface area contributed by atoms with Crippen LogP contribution in [0, 0.1) is 0 Å². The van der Waals surface area contributed by atoms with Crippen molar-refractivity contribution in [3.63, 3.8) is 0 Å². The van der Waals surface area contributed by atoms with Gasteiger partial charge in [-0.25, -0.2) is 4.98 Å². The summed E-state index contributed by atoms with van der Waals surface area (Å²) in [6.45, 7) is 6.60. The molecular formula is C15H25N3O. The van der Waals surface area contributed by atoms with Crippen molar-refractivity contribution in [2.45, 2.75) is 45.2 Å². The summed E-state index contributed by atoms with van der Waals surface area (Å²) in [4.78, 5) is 7.07. The maximum absolute atomic E-state index is 5.80. The molecule has 0 radical (unpaired) electrons. The Bertz CT molecular complexity index is 414. The number of aromatic nitrogens is 1. The van der Waals surface area contributed by atoms with Crippen LogP contribution in [0.2, 0.25) is 0 Å². The molecule has 0 atom stereocenters. The topological polar surface area (TPSA) is 51.4 Å². The van der Waals surface area contributed by atoms with Gasteiger partial charge in [-0.05, 0) is 36.5 Å². The van der Waals surface area contributed by atoms with Gasteiger partial charge in [0.2, 0.25) is 0 Å². The number of ether oxygens (including phenoxy) is 1. The molecule has 1 fully saturated rings. The number of rotatable bonds is 4. The lowest BCUT2D eigenvalue weighted by Crippen LogP contribution is -2.37. The van der Waals surface area contributed by atoms with Gasteiger partial charge < -0.3 is 15.4 Å². The molecule has 2 rings (SSSR count). The Labute approximate surface area is 116 Å². The number of nitrogens with two attached hydrogens (primary N) is 1. The highest BCUT2D eigenvalue weighted by atomic mass is 16.5. The number of pyridine rings is 1. The van der Waals surface area contributed by atoms with Crippen molar-refractivity contribution in [1.29, 1.82) is 0 Å². The van der Waals surface area contributed by atoms with Gasteiger partial charge in [0.1, 0.15) is 5.82 Å². The highest BCUT2D eigenvalue weighted by Gasteiger charge is 2.20. The molecule has 1 aliphatic rings. The van der Waals surface area contributed by atoms with Crippen LogP contribution in [0.4, 0.5) is 5.82 Å². The third-order valence-corrected chi connectivity index (χ3v) is 3.82. The number of nitrogens with zero attached hydrogens (tertiary/aromatic N) is 2. The first kappa shape index (κ1) is 14.3. The summed E-state index contributed by atoms with van der Waals surface area (Å²) in [5.74, 6) is 1.46. The molecule has 1 aromatic heterocycles. The van der Waals surface area contributed by atoms with Crippen LogP contribution in [0.1, 0.15) is 43.9 Å². The normalized spacial score (nSPS) is 16.9. The smallest absolute Gasteiger partial charge is 0.129 e. The fraction of sp³-hybridized carbons (Fsp3) is 0.667. The van der Waals surface area contributed by atoms with E-state index in [0.29, 0.717) is 18.5 Å². The monoisotopic (exact) mass is 263 g/mol. The summed E-state index contributed by atoms with van der Waals surface area (Å²) >= 11 is 0. The Morgan fingerprint density at radius 1 is 1.37 bits per heavy atom. The minimum Gasteiger partial charge on any atom is -0.381 e. The summed E-state index contributed by atoms with van der Waals surface area (Å²) < 4.78 is 5.43. The van der Waals surface area contributed by atoms with Gasteiger partial charge in [-0.2, -0.15) is 0 Å². The van der Waals surface area contributed by atoms with E-state index in [9.17, 15) is 0 Å². The SMILES string of the molecule is CC(C)c1cc(CN)cc(N(C)C2CCOCC2)n1. The zero-order valence-electron chi connectivity index (χ0n) is 12.2. The molecule has 1 aliphatic heterocycles. The lowest BCUT2D eigenvalue weighted by molar-refractivity contribution is 0.0853. The standard InChI is InChI=1S/C15H25N3O/c1-11(2)14-8-12(10-16)9-15(17-14)18(3)13-4-6-19-7-5-13/h8-9,11,13H,4-7,10,16H2,1-3H3. The molecule has 0 unspecified atom stereocenters. The predicted molar refractivity (Wildman–Crippen MR) is 78.5 cm³/mol. The molecule has 4 nitrogen and oxygen atoms in total. The van der Waals surface area contributed by atoms with Crippen LogP contribution < -0.4 is 10.6 Å². The van der Waals surface area contributed by atoms with Crippen LogP contribution in [0.15, 0.2) is 12.1 Å². The van der Waals surface area contributed by atoms with Crippen molar-refractivity contribution < 1.29 is 4.74 Å². The lowest BCUT2D eigenvalue weighted by Gasteiger charge is -2.32. The summed E-state index contributed by atoms with van der Waals surface area (Å²) in [5, 5.41) is 0. The molecule has 0 saturated carbocycles. The number of hydrogen-bond donors (Lipinski definition) is 1. The Balaban J connectivity index is 2.24. The molecule has 4 heteroatoms. The van der Waals surface area contributed by atoms with Gasteiger partial charge in [-0.15, -0.1) is 0 Å². The Morgan fingerprint density at radius 2 is 2.05 bits per heavy atom. The molecule has 1 saturated heterocycles. The highest BCUT2D eigenvalue weighted by molar-refractivity contribution is 5.43. The number of anilines is 1. The average molecular weight is 263 g/mol. The summed E-state index contributed by atoms with van der Waals surface area (Å²) in [7, 11) is 2.13. The Hall–Kier alpha value is -1.13. The van der Waals surface area contributed by atoms with Crippen LogP contribution in [0.3, 0.4) is 0 Å². The second kappa shape index (κ2) is 6.35. The van der Waals surface area contributed by atoms with E-state index in [0.717, 1.165) is 43.1 Å². The van der Waals surface area contributed by atoms with E-state index in [1.807, 2.05) is 0 Å². The maximum atomic E-state index is 5.80. The van der Waals surface area contributed by atoms with Crippen LogP contribution in [0.25, 0.3) is 0 Å². The number of hydrogen-bond acceptors (Lipinski definition) is 4. The molecule has 0 bridgehead atoms. The molecular weight excluding hydrogens is 238 g/mol. The van der Waals surface area contributed by atoms with E-state index >= 15 is 0 Å². The largest absolute Gasteiger partial charge is 0.381 e. The van der Waals surface area contributed by atoms with E-state index in [2.05, 4.69) is 37.9 Å². The molecule has 19 heavy (non-hydrogen) atoms. The first-order valence-electron chi connectivity index (χ1n) is 7.13. The lowest BCUT2D eigenvalue weighted by atomic mass is 10.1. The van der Waals surface area contributed by atoms with Crippen molar-refractivity contribution in [2.75, 3.05) is 25.2 Å². The highest BCUT2D eigenvalue weighted by Crippen LogP contribution is 2.23. The van der Waals surface area contributed by atoms with Crippen LogP contribution >= 0.6 is 0 Å².